The molecule has 0 fully saturated rings. The molecule has 0 radical (unpaired) electrons. The molecule has 0 atom stereocenters. The standard InChI is InChI=1S/C21H22O2/c1-3-22-20-11-7-16(8-12-20)18-5-6-19(15-18)17-9-13-21(14-10-17)23-4-2/h5-14H,3-4,15H2,1-2H3. The zero-order chi connectivity index (χ0) is 16.1. The van der Waals surface area contributed by atoms with Crippen molar-refractivity contribution in [1.82, 2.24) is 0 Å². The van der Waals surface area contributed by atoms with E-state index in [-0.39, 0.29) is 0 Å². The quantitative estimate of drug-likeness (QED) is 0.715. The lowest BCUT2D eigenvalue weighted by Gasteiger charge is -2.09. The number of hydrogen-bond acceptors (Lipinski definition) is 2. The van der Waals surface area contributed by atoms with Crippen LogP contribution in [-0.2, 0) is 0 Å². The summed E-state index contributed by atoms with van der Waals surface area (Å²) in [4.78, 5) is 0. The van der Waals surface area contributed by atoms with Crippen molar-refractivity contribution in [3.05, 3.63) is 71.8 Å². The third kappa shape index (κ3) is 3.65. The van der Waals surface area contributed by atoms with Crippen LogP contribution in [0.5, 0.6) is 11.5 Å². The number of allylic oxidation sites excluding steroid dienone is 4. The second kappa shape index (κ2) is 7.19. The first-order valence-corrected chi connectivity index (χ1v) is 8.16. The van der Waals surface area contributed by atoms with Gasteiger partial charge in [0, 0.05) is 0 Å². The van der Waals surface area contributed by atoms with E-state index in [9.17, 15) is 0 Å². The zero-order valence-electron chi connectivity index (χ0n) is 13.7. The van der Waals surface area contributed by atoms with Crippen LogP contribution in [0, 0.1) is 0 Å². The van der Waals surface area contributed by atoms with Crippen molar-refractivity contribution < 1.29 is 9.47 Å². The summed E-state index contributed by atoms with van der Waals surface area (Å²) in [6.07, 6.45) is 5.38. The Labute approximate surface area is 138 Å². The van der Waals surface area contributed by atoms with Gasteiger partial charge in [-0.25, -0.2) is 0 Å². The molecule has 0 N–H and O–H groups in total. The number of ether oxygens (including phenoxy) is 2. The highest BCUT2D eigenvalue weighted by Crippen LogP contribution is 2.34. The highest BCUT2D eigenvalue weighted by molar-refractivity contribution is 5.86. The van der Waals surface area contributed by atoms with Crippen molar-refractivity contribution in [2.75, 3.05) is 13.2 Å². The van der Waals surface area contributed by atoms with Gasteiger partial charge in [-0.05, 0) is 66.8 Å². The van der Waals surface area contributed by atoms with Crippen molar-refractivity contribution in [1.29, 1.82) is 0 Å². The Kier molecular flexibility index (Phi) is 4.82. The van der Waals surface area contributed by atoms with Gasteiger partial charge in [-0.1, -0.05) is 36.4 Å². The number of hydrogen-bond donors (Lipinski definition) is 0. The summed E-state index contributed by atoms with van der Waals surface area (Å²) in [6, 6.07) is 16.7. The summed E-state index contributed by atoms with van der Waals surface area (Å²) in [6.45, 7) is 5.40. The Balaban J connectivity index is 1.67. The molecule has 0 aliphatic heterocycles. The van der Waals surface area contributed by atoms with Crippen molar-refractivity contribution in [3.63, 3.8) is 0 Å². The van der Waals surface area contributed by atoms with E-state index in [1.165, 1.54) is 22.3 Å². The molecule has 2 heteroatoms. The minimum absolute atomic E-state index is 0.700. The van der Waals surface area contributed by atoms with Gasteiger partial charge in [-0.15, -0.1) is 0 Å². The lowest BCUT2D eigenvalue weighted by Crippen LogP contribution is -1.92. The first kappa shape index (κ1) is 15.4. The van der Waals surface area contributed by atoms with Crippen LogP contribution in [0.1, 0.15) is 31.4 Å². The Morgan fingerprint density at radius 3 is 1.39 bits per heavy atom. The zero-order valence-corrected chi connectivity index (χ0v) is 13.7. The van der Waals surface area contributed by atoms with Gasteiger partial charge in [-0.2, -0.15) is 0 Å². The molecule has 0 unspecified atom stereocenters. The smallest absolute Gasteiger partial charge is 0.119 e. The predicted molar refractivity (Wildman–Crippen MR) is 95.8 cm³/mol. The summed E-state index contributed by atoms with van der Waals surface area (Å²) in [5, 5.41) is 0. The number of rotatable bonds is 6. The average Bonchev–Trinajstić information content (AvgIpc) is 3.07. The van der Waals surface area contributed by atoms with Gasteiger partial charge in [0.15, 0.2) is 0 Å². The maximum absolute atomic E-state index is 5.50. The Bertz CT molecular complexity index is 643. The number of benzene rings is 2. The SMILES string of the molecule is CCOc1ccc(C2=CC=C(c3ccc(OCC)cc3)C2)cc1. The van der Waals surface area contributed by atoms with Crippen LogP contribution < -0.4 is 9.47 Å². The van der Waals surface area contributed by atoms with E-state index in [1.54, 1.807) is 0 Å². The molecule has 1 aliphatic rings. The van der Waals surface area contributed by atoms with E-state index in [4.69, 9.17) is 9.47 Å². The van der Waals surface area contributed by atoms with Crippen LogP contribution in [-0.4, -0.2) is 13.2 Å². The van der Waals surface area contributed by atoms with Gasteiger partial charge < -0.3 is 9.47 Å². The van der Waals surface area contributed by atoms with Gasteiger partial charge in [-0.3, -0.25) is 0 Å². The minimum Gasteiger partial charge on any atom is -0.494 e. The molecule has 23 heavy (non-hydrogen) atoms. The molecular weight excluding hydrogens is 284 g/mol. The van der Waals surface area contributed by atoms with E-state index < -0.39 is 0 Å². The first-order chi connectivity index (χ1) is 11.3. The fraction of sp³-hybridized carbons (Fsp3) is 0.238. The predicted octanol–water partition coefficient (Wildman–Crippen LogP) is 5.35. The maximum atomic E-state index is 5.50. The molecule has 2 nitrogen and oxygen atoms in total. The largest absolute Gasteiger partial charge is 0.494 e. The lowest BCUT2D eigenvalue weighted by atomic mass is 9.99. The summed E-state index contributed by atoms with van der Waals surface area (Å²) in [5.74, 6) is 1.85. The average molecular weight is 306 g/mol. The van der Waals surface area contributed by atoms with Crippen molar-refractivity contribution >= 4 is 11.1 Å². The van der Waals surface area contributed by atoms with Crippen molar-refractivity contribution in [3.8, 4) is 11.5 Å². The minimum atomic E-state index is 0.700. The summed E-state index contributed by atoms with van der Waals surface area (Å²) in [7, 11) is 0. The van der Waals surface area contributed by atoms with Crippen LogP contribution in [0.25, 0.3) is 11.1 Å². The molecule has 0 saturated carbocycles. The first-order valence-electron chi connectivity index (χ1n) is 8.16. The topological polar surface area (TPSA) is 18.5 Å². The third-order valence-corrected chi connectivity index (χ3v) is 3.94. The second-order valence-electron chi connectivity index (χ2n) is 5.48. The Morgan fingerprint density at radius 1 is 0.652 bits per heavy atom. The molecule has 0 saturated heterocycles. The maximum Gasteiger partial charge on any atom is 0.119 e. The second-order valence-corrected chi connectivity index (χ2v) is 5.48. The fourth-order valence-electron chi connectivity index (χ4n) is 2.78. The molecule has 0 bridgehead atoms. The summed E-state index contributed by atoms with van der Waals surface area (Å²) < 4.78 is 11.0. The normalized spacial score (nSPS) is 13.5. The van der Waals surface area contributed by atoms with Gasteiger partial charge in [0.2, 0.25) is 0 Å². The van der Waals surface area contributed by atoms with Crippen LogP contribution in [0.15, 0.2) is 60.7 Å². The molecule has 0 aromatic heterocycles. The van der Waals surface area contributed by atoms with Crippen molar-refractivity contribution in [2.24, 2.45) is 0 Å². The fourth-order valence-corrected chi connectivity index (χ4v) is 2.78. The molecular formula is C21H22O2. The molecule has 0 amide bonds. The third-order valence-electron chi connectivity index (χ3n) is 3.94. The Hall–Kier alpha value is -2.48. The highest BCUT2D eigenvalue weighted by Gasteiger charge is 2.12. The van der Waals surface area contributed by atoms with Gasteiger partial charge in [0.25, 0.3) is 0 Å². The van der Waals surface area contributed by atoms with E-state index in [0.717, 1.165) is 17.9 Å². The van der Waals surface area contributed by atoms with Crippen LogP contribution in [0.4, 0.5) is 0 Å². The summed E-state index contributed by atoms with van der Waals surface area (Å²) in [5.41, 5.74) is 5.20. The van der Waals surface area contributed by atoms with Crippen molar-refractivity contribution in [2.45, 2.75) is 20.3 Å². The molecule has 2 aromatic carbocycles. The monoisotopic (exact) mass is 306 g/mol. The molecule has 1 aliphatic carbocycles. The van der Waals surface area contributed by atoms with E-state index in [2.05, 4.69) is 36.4 Å². The van der Waals surface area contributed by atoms with Gasteiger partial charge in [0.1, 0.15) is 11.5 Å². The van der Waals surface area contributed by atoms with E-state index in [1.807, 2.05) is 38.1 Å². The Morgan fingerprint density at radius 2 is 1.04 bits per heavy atom. The highest BCUT2D eigenvalue weighted by atomic mass is 16.5. The molecule has 118 valence electrons. The van der Waals surface area contributed by atoms with Gasteiger partial charge >= 0.3 is 0 Å². The molecule has 0 heterocycles. The molecule has 3 rings (SSSR count). The van der Waals surface area contributed by atoms with Gasteiger partial charge in [0.05, 0.1) is 13.2 Å². The molecule has 0 spiro atoms. The van der Waals surface area contributed by atoms with E-state index in [0.29, 0.717) is 13.2 Å². The van der Waals surface area contributed by atoms with E-state index >= 15 is 0 Å². The molecule has 2 aromatic rings. The van der Waals surface area contributed by atoms with Crippen LogP contribution >= 0.6 is 0 Å². The summed E-state index contributed by atoms with van der Waals surface area (Å²) >= 11 is 0. The lowest BCUT2D eigenvalue weighted by molar-refractivity contribution is 0.340. The van der Waals surface area contributed by atoms with Crippen LogP contribution in [0.3, 0.4) is 0 Å². The van der Waals surface area contributed by atoms with Crippen LogP contribution in [0.2, 0.25) is 0 Å².